The van der Waals surface area contributed by atoms with Crippen LogP contribution in [-0.2, 0) is 6.54 Å². The predicted molar refractivity (Wildman–Crippen MR) is 125 cm³/mol. The van der Waals surface area contributed by atoms with Gasteiger partial charge in [-0.3, -0.25) is 24.8 Å². The van der Waals surface area contributed by atoms with Gasteiger partial charge in [-0.2, -0.15) is 5.10 Å². The number of anilines is 1. The number of carbonyl (C=O) groups is 1. The van der Waals surface area contributed by atoms with Gasteiger partial charge >= 0.3 is 0 Å². The van der Waals surface area contributed by atoms with E-state index >= 15 is 0 Å². The van der Waals surface area contributed by atoms with Crippen LogP contribution in [0.15, 0.2) is 61.2 Å². The first-order chi connectivity index (χ1) is 15.8. The molecule has 7 heteroatoms. The maximum atomic E-state index is 12.8. The Hall–Kier alpha value is -3.58. The topological polar surface area (TPSA) is 86.8 Å². The number of H-pyrrole nitrogens is 1. The zero-order valence-electron chi connectivity index (χ0n) is 17.9. The smallest absolute Gasteiger partial charge is 0.276 e. The minimum absolute atomic E-state index is 0.269. The zero-order chi connectivity index (χ0) is 21.8. The van der Waals surface area contributed by atoms with Crippen LogP contribution in [0.4, 0.5) is 5.69 Å². The van der Waals surface area contributed by atoms with E-state index in [0.29, 0.717) is 11.4 Å². The van der Waals surface area contributed by atoms with E-state index in [2.05, 4.69) is 36.4 Å². The van der Waals surface area contributed by atoms with Crippen molar-refractivity contribution in [3.8, 4) is 11.1 Å². The van der Waals surface area contributed by atoms with E-state index in [1.165, 1.54) is 31.2 Å². The van der Waals surface area contributed by atoms with Crippen molar-refractivity contribution in [1.82, 2.24) is 25.1 Å². The Kier molecular flexibility index (Phi) is 5.89. The van der Waals surface area contributed by atoms with Gasteiger partial charge < -0.3 is 5.32 Å². The molecule has 0 spiro atoms. The maximum absolute atomic E-state index is 12.8. The molecule has 32 heavy (non-hydrogen) atoms. The van der Waals surface area contributed by atoms with E-state index in [1.54, 1.807) is 24.5 Å². The number of pyridine rings is 2. The summed E-state index contributed by atoms with van der Waals surface area (Å²) in [6.07, 6.45) is 12.3. The summed E-state index contributed by atoms with van der Waals surface area (Å²) in [4.78, 5) is 23.9. The SMILES string of the molecule is O=C(Nc1cccnc1)c1n[nH]c2ccc(-c3cncc(CN4CCCCCC4)c3)cc12. The van der Waals surface area contributed by atoms with E-state index in [4.69, 9.17) is 0 Å². The molecule has 3 aromatic heterocycles. The number of aromatic amines is 1. The number of nitrogens with one attached hydrogen (secondary N) is 2. The molecule has 4 heterocycles. The van der Waals surface area contributed by atoms with E-state index in [-0.39, 0.29) is 5.91 Å². The highest BCUT2D eigenvalue weighted by atomic mass is 16.1. The second kappa shape index (κ2) is 9.28. The first kappa shape index (κ1) is 20.3. The molecule has 1 aliphatic heterocycles. The molecule has 162 valence electrons. The van der Waals surface area contributed by atoms with Crippen molar-refractivity contribution in [3.05, 3.63) is 72.4 Å². The Morgan fingerprint density at radius 3 is 2.66 bits per heavy atom. The van der Waals surface area contributed by atoms with E-state index in [1.807, 2.05) is 30.6 Å². The fraction of sp³-hybridized carbons (Fsp3) is 0.280. The third kappa shape index (κ3) is 4.53. The normalized spacial score (nSPS) is 14.9. The Morgan fingerprint density at radius 1 is 0.969 bits per heavy atom. The quantitative estimate of drug-likeness (QED) is 0.485. The standard InChI is InChI=1S/C25H26N6O/c32-25(28-21-6-5-9-26-16-21)24-22-13-19(7-8-23(22)29-30-24)20-12-18(14-27-15-20)17-31-10-3-1-2-4-11-31/h5-9,12-16H,1-4,10-11,17H2,(H,28,32)(H,29,30). The molecule has 1 aliphatic rings. The Labute approximate surface area is 186 Å². The summed E-state index contributed by atoms with van der Waals surface area (Å²) in [6.45, 7) is 3.23. The molecule has 1 saturated heterocycles. The number of nitrogens with zero attached hydrogens (tertiary/aromatic N) is 4. The van der Waals surface area contributed by atoms with Crippen LogP contribution >= 0.6 is 0 Å². The monoisotopic (exact) mass is 426 g/mol. The van der Waals surface area contributed by atoms with E-state index in [9.17, 15) is 4.79 Å². The number of rotatable bonds is 5. The largest absolute Gasteiger partial charge is 0.319 e. The number of amides is 1. The number of fused-ring (bicyclic) bond motifs is 1. The number of hydrogen-bond donors (Lipinski definition) is 2. The fourth-order valence-electron chi connectivity index (χ4n) is 4.28. The van der Waals surface area contributed by atoms with Gasteiger partial charge in [0.15, 0.2) is 5.69 Å². The molecule has 0 atom stereocenters. The van der Waals surface area contributed by atoms with Crippen LogP contribution in [0.3, 0.4) is 0 Å². The molecule has 0 unspecified atom stereocenters. The Morgan fingerprint density at radius 2 is 1.84 bits per heavy atom. The van der Waals surface area contributed by atoms with Gasteiger partial charge in [-0.25, -0.2) is 0 Å². The third-order valence-electron chi connectivity index (χ3n) is 5.93. The van der Waals surface area contributed by atoms with E-state index < -0.39 is 0 Å². The third-order valence-corrected chi connectivity index (χ3v) is 5.93. The second-order valence-electron chi connectivity index (χ2n) is 8.30. The van der Waals surface area contributed by atoms with Gasteiger partial charge in [0.1, 0.15) is 0 Å². The molecular weight excluding hydrogens is 400 g/mol. The van der Waals surface area contributed by atoms with Gasteiger partial charge in [-0.1, -0.05) is 18.9 Å². The molecule has 0 bridgehead atoms. The molecule has 2 N–H and O–H groups in total. The number of benzene rings is 1. The van der Waals surface area contributed by atoms with Gasteiger partial charge in [0.05, 0.1) is 17.4 Å². The highest BCUT2D eigenvalue weighted by molar-refractivity contribution is 6.11. The highest BCUT2D eigenvalue weighted by Gasteiger charge is 2.16. The van der Waals surface area contributed by atoms with Crippen molar-refractivity contribution in [3.63, 3.8) is 0 Å². The van der Waals surface area contributed by atoms with E-state index in [0.717, 1.165) is 41.7 Å². The molecule has 0 radical (unpaired) electrons. The molecular formula is C25H26N6O. The molecule has 0 saturated carbocycles. The van der Waals surface area contributed by atoms with Crippen molar-refractivity contribution in [2.45, 2.75) is 32.2 Å². The Bertz CT molecular complexity index is 1210. The first-order valence-corrected chi connectivity index (χ1v) is 11.1. The van der Waals surface area contributed by atoms with Crippen LogP contribution in [0.2, 0.25) is 0 Å². The van der Waals surface area contributed by atoms with Crippen LogP contribution in [-0.4, -0.2) is 44.1 Å². The van der Waals surface area contributed by atoms with Crippen molar-refractivity contribution >= 4 is 22.5 Å². The lowest BCUT2D eigenvalue weighted by atomic mass is 10.0. The molecule has 7 nitrogen and oxygen atoms in total. The number of likely N-dealkylation sites (tertiary alicyclic amines) is 1. The number of aromatic nitrogens is 4. The minimum atomic E-state index is -0.269. The number of hydrogen-bond acceptors (Lipinski definition) is 5. The molecule has 4 aromatic rings. The fourth-order valence-corrected chi connectivity index (χ4v) is 4.28. The summed E-state index contributed by atoms with van der Waals surface area (Å²) in [5.41, 5.74) is 5.08. The van der Waals surface area contributed by atoms with Crippen LogP contribution < -0.4 is 5.32 Å². The first-order valence-electron chi connectivity index (χ1n) is 11.1. The van der Waals surface area contributed by atoms with Gasteiger partial charge in [0.25, 0.3) is 5.91 Å². The van der Waals surface area contributed by atoms with Gasteiger partial charge in [0.2, 0.25) is 0 Å². The molecule has 1 aromatic carbocycles. The van der Waals surface area contributed by atoms with Crippen molar-refractivity contribution in [2.75, 3.05) is 18.4 Å². The summed E-state index contributed by atoms with van der Waals surface area (Å²) in [5.74, 6) is -0.269. The van der Waals surface area contributed by atoms with Gasteiger partial charge in [0, 0.05) is 36.1 Å². The molecule has 0 aliphatic carbocycles. The van der Waals surface area contributed by atoms with Crippen LogP contribution in [0.5, 0.6) is 0 Å². The van der Waals surface area contributed by atoms with Crippen LogP contribution in [0.1, 0.15) is 41.7 Å². The van der Waals surface area contributed by atoms with Crippen molar-refractivity contribution < 1.29 is 4.79 Å². The average Bonchev–Trinajstić information content (AvgIpc) is 3.08. The molecule has 1 amide bonds. The lowest BCUT2D eigenvalue weighted by Gasteiger charge is -2.19. The Balaban J connectivity index is 1.40. The van der Waals surface area contributed by atoms with Crippen LogP contribution in [0.25, 0.3) is 22.0 Å². The van der Waals surface area contributed by atoms with Gasteiger partial charge in [-0.05, 0) is 67.4 Å². The summed E-state index contributed by atoms with van der Waals surface area (Å²) in [6, 6.07) is 11.8. The lowest BCUT2D eigenvalue weighted by molar-refractivity contribution is 0.102. The number of carbonyl (C=O) groups excluding carboxylic acids is 1. The maximum Gasteiger partial charge on any atom is 0.276 e. The summed E-state index contributed by atoms with van der Waals surface area (Å²) < 4.78 is 0. The van der Waals surface area contributed by atoms with Crippen molar-refractivity contribution in [2.24, 2.45) is 0 Å². The lowest BCUT2D eigenvalue weighted by Crippen LogP contribution is -2.24. The average molecular weight is 427 g/mol. The summed E-state index contributed by atoms with van der Waals surface area (Å²) >= 11 is 0. The second-order valence-corrected chi connectivity index (χ2v) is 8.30. The van der Waals surface area contributed by atoms with Crippen LogP contribution in [0, 0.1) is 0 Å². The van der Waals surface area contributed by atoms with Gasteiger partial charge in [-0.15, -0.1) is 0 Å². The minimum Gasteiger partial charge on any atom is -0.319 e. The van der Waals surface area contributed by atoms with Crippen molar-refractivity contribution in [1.29, 1.82) is 0 Å². The molecule has 1 fully saturated rings. The predicted octanol–water partition coefficient (Wildman–Crippen LogP) is 4.65. The summed E-state index contributed by atoms with van der Waals surface area (Å²) in [5, 5.41) is 10.8. The highest BCUT2D eigenvalue weighted by Crippen LogP contribution is 2.26. The summed E-state index contributed by atoms with van der Waals surface area (Å²) in [7, 11) is 0. The zero-order valence-corrected chi connectivity index (χ0v) is 17.9. The molecule has 5 rings (SSSR count).